The Morgan fingerprint density at radius 2 is 1.60 bits per heavy atom. The van der Waals surface area contributed by atoms with Gasteiger partial charge >= 0.3 is 0 Å². The summed E-state index contributed by atoms with van der Waals surface area (Å²) in [4.78, 5) is 49.5. The normalized spacial score (nSPS) is 14.0. The second-order valence-corrected chi connectivity index (χ2v) is 10.4. The molecule has 13 nitrogen and oxygen atoms in total. The van der Waals surface area contributed by atoms with Crippen LogP contribution < -0.4 is 43.5 Å². The van der Waals surface area contributed by atoms with Gasteiger partial charge in [-0.05, 0) is 78.2 Å². The molecular weight excluding hydrogens is 550 g/mol. The average Bonchev–Trinajstić information content (AvgIpc) is 2.99. The van der Waals surface area contributed by atoms with Crippen molar-refractivity contribution in [3.05, 3.63) is 60.4 Å². The molecule has 0 saturated heterocycles. The number of carbonyl (C=O) groups is 4. The van der Waals surface area contributed by atoms with Gasteiger partial charge in [0.1, 0.15) is 12.1 Å². The third-order valence-electron chi connectivity index (χ3n) is 6.84. The number of hydrogen-bond acceptors (Lipinski definition) is 9. The van der Waals surface area contributed by atoms with Crippen LogP contribution in [0.2, 0.25) is 0 Å². The van der Waals surface area contributed by atoms with Gasteiger partial charge in [0.15, 0.2) is 0 Å². The van der Waals surface area contributed by atoms with Crippen LogP contribution >= 0.6 is 0 Å². The summed E-state index contributed by atoms with van der Waals surface area (Å²) in [5.41, 5.74) is 7.80. The molecule has 1 aromatic carbocycles. The summed E-state index contributed by atoms with van der Waals surface area (Å²) in [6.45, 7) is 6.88. The van der Waals surface area contributed by atoms with Crippen LogP contribution in [0.1, 0.15) is 44.6 Å². The van der Waals surface area contributed by atoms with E-state index in [4.69, 9.17) is 11.6 Å². The minimum absolute atomic E-state index is 0.0210. The lowest BCUT2D eigenvalue weighted by atomic mass is 10.0. The van der Waals surface area contributed by atoms with E-state index in [1.54, 1.807) is 18.3 Å². The van der Waals surface area contributed by atoms with E-state index in [0.717, 1.165) is 24.9 Å². The van der Waals surface area contributed by atoms with Gasteiger partial charge in [-0.2, -0.15) is 0 Å². The highest BCUT2D eigenvalue weighted by molar-refractivity contribution is 5.91. The number of nitrogens with one attached hydrogen (secondary N) is 6. The molecule has 0 aliphatic heterocycles. The zero-order valence-electron chi connectivity index (χ0n) is 25.7. The molecule has 0 radical (unpaired) electrons. The first-order chi connectivity index (χ1) is 20.7. The molecule has 0 aromatic heterocycles. The molecule has 0 saturated carbocycles. The van der Waals surface area contributed by atoms with E-state index in [2.05, 4.69) is 38.5 Å². The molecule has 0 heterocycles. The Balaban J connectivity index is 2.94. The second-order valence-electron chi connectivity index (χ2n) is 10.4. The summed E-state index contributed by atoms with van der Waals surface area (Å²) in [5, 5.41) is 18.2. The molecule has 0 aliphatic rings. The number of hydrazine groups is 1. The highest BCUT2D eigenvalue weighted by atomic mass is 16.2. The molecule has 0 spiro atoms. The fourth-order valence-corrected chi connectivity index (χ4v) is 4.28. The zero-order chi connectivity index (χ0) is 32.0. The molecule has 0 aliphatic carbocycles. The predicted octanol–water partition coefficient (Wildman–Crippen LogP) is -0.631. The molecule has 43 heavy (non-hydrogen) atoms. The van der Waals surface area contributed by atoms with Crippen molar-refractivity contribution in [3.8, 4) is 0 Å². The number of carbonyl (C=O) groups excluding carboxylic acids is 4. The lowest BCUT2D eigenvalue weighted by molar-refractivity contribution is -0.130. The molecule has 4 amide bonds. The van der Waals surface area contributed by atoms with E-state index >= 15 is 0 Å². The van der Waals surface area contributed by atoms with Gasteiger partial charge in [0.25, 0.3) is 0 Å². The van der Waals surface area contributed by atoms with Crippen molar-refractivity contribution in [3.63, 3.8) is 0 Å². The number of nitrogens with two attached hydrogens (primary N) is 2. The van der Waals surface area contributed by atoms with Crippen LogP contribution in [0.25, 0.3) is 0 Å². The third kappa shape index (κ3) is 15.2. The van der Waals surface area contributed by atoms with Gasteiger partial charge in [-0.25, -0.2) is 5.84 Å². The highest BCUT2D eigenvalue weighted by Crippen LogP contribution is 2.11. The van der Waals surface area contributed by atoms with Crippen LogP contribution in [0.15, 0.2) is 54.9 Å². The minimum Gasteiger partial charge on any atom is -0.399 e. The van der Waals surface area contributed by atoms with Gasteiger partial charge in [0.05, 0.1) is 12.6 Å². The van der Waals surface area contributed by atoms with Crippen LogP contribution in [-0.4, -0.2) is 87.0 Å². The van der Waals surface area contributed by atoms with Crippen molar-refractivity contribution in [1.82, 2.24) is 36.9 Å². The first kappa shape index (κ1) is 37.1. The van der Waals surface area contributed by atoms with Gasteiger partial charge in [-0.3, -0.25) is 19.2 Å². The predicted molar refractivity (Wildman–Crippen MR) is 169 cm³/mol. The molecular formula is C30H51N9O4. The molecule has 10 N–H and O–H groups in total. The van der Waals surface area contributed by atoms with E-state index < -0.39 is 35.8 Å². The topological polar surface area (TPSA) is 196 Å². The van der Waals surface area contributed by atoms with Crippen LogP contribution in [0, 0.1) is 0 Å². The molecule has 1 rings (SSSR count). The number of benzene rings is 1. The van der Waals surface area contributed by atoms with Gasteiger partial charge in [-0.15, -0.1) is 6.58 Å². The standard InChI is InChI=1S/C30H51N9O4/c1-5-11-26(37-28(41)19-35-29(42)25(36-21-40)15-10-17-34-4)30(43)38-27(18-23-13-7-6-8-14-23)24(31)20-39(32)22(2)12-9-16-33-3/h5-8,13-14,20-22,25-27,33-34H,1,9-12,15-19,31-32H2,2-4H3,(H,35,42)(H,36,40)(H,37,41)(H,38,43)/b24-20-. The van der Waals surface area contributed by atoms with E-state index in [-0.39, 0.29) is 19.0 Å². The largest absolute Gasteiger partial charge is 0.399 e. The Morgan fingerprint density at radius 3 is 2.21 bits per heavy atom. The van der Waals surface area contributed by atoms with Gasteiger partial charge < -0.3 is 42.6 Å². The third-order valence-corrected chi connectivity index (χ3v) is 6.84. The molecule has 240 valence electrons. The Morgan fingerprint density at radius 1 is 0.953 bits per heavy atom. The van der Waals surface area contributed by atoms with Crippen molar-refractivity contribution < 1.29 is 19.2 Å². The Labute approximate surface area is 255 Å². The number of amides is 4. The van der Waals surface area contributed by atoms with E-state index in [1.807, 2.05) is 44.3 Å². The highest BCUT2D eigenvalue weighted by Gasteiger charge is 2.25. The summed E-state index contributed by atoms with van der Waals surface area (Å²) in [6.07, 6.45) is 7.01. The first-order valence-corrected chi connectivity index (χ1v) is 14.7. The second kappa shape index (κ2) is 21.7. The first-order valence-electron chi connectivity index (χ1n) is 14.7. The quantitative estimate of drug-likeness (QED) is 0.0265. The lowest BCUT2D eigenvalue weighted by Gasteiger charge is -2.27. The van der Waals surface area contributed by atoms with Gasteiger partial charge in [0, 0.05) is 17.9 Å². The lowest BCUT2D eigenvalue weighted by Crippen LogP contribution is -2.53. The average molecular weight is 602 g/mol. The van der Waals surface area contributed by atoms with E-state index in [9.17, 15) is 19.2 Å². The summed E-state index contributed by atoms with van der Waals surface area (Å²) < 4.78 is 0. The Hall–Kier alpha value is -3.94. The van der Waals surface area contributed by atoms with Crippen molar-refractivity contribution >= 4 is 24.1 Å². The Kier molecular flexibility index (Phi) is 18.7. The van der Waals surface area contributed by atoms with Crippen molar-refractivity contribution in [2.45, 2.75) is 69.6 Å². The molecule has 13 heteroatoms. The molecule has 0 bridgehead atoms. The summed E-state index contributed by atoms with van der Waals surface area (Å²) in [5.74, 6) is 4.76. The number of rotatable bonds is 23. The van der Waals surface area contributed by atoms with E-state index in [1.165, 1.54) is 6.08 Å². The van der Waals surface area contributed by atoms with Crippen LogP contribution in [-0.2, 0) is 25.6 Å². The number of nitrogens with zero attached hydrogens (tertiary/aromatic N) is 1. The van der Waals surface area contributed by atoms with Crippen LogP contribution in [0.5, 0.6) is 0 Å². The zero-order valence-corrected chi connectivity index (χ0v) is 25.7. The molecule has 4 unspecified atom stereocenters. The summed E-state index contributed by atoms with van der Waals surface area (Å²) >= 11 is 0. The SMILES string of the molecule is C=CCC(NC(=O)CNC(=O)C(CCCNC)NC=O)C(=O)NC(Cc1ccccc1)/C(N)=C/N(N)C(C)CCCNC. The van der Waals surface area contributed by atoms with Gasteiger partial charge in [-0.1, -0.05) is 36.4 Å². The molecule has 0 fully saturated rings. The van der Waals surface area contributed by atoms with Crippen LogP contribution in [0.3, 0.4) is 0 Å². The summed E-state index contributed by atoms with van der Waals surface area (Å²) in [7, 11) is 3.69. The van der Waals surface area contributed by atoms with Gasteiger partial charge in [0.2, 0.25) is 24.1 Å². The minimum atomic E-state index is -0.957. The molecule has 4 atom stereocenters. The maximum Gasteiger partial charge on any atom is 0.243 e. The fourth-order valence-electron chi connectivity index (χ4n) is 4.28. The van der Waals surface area contributed by atoms with Crippen molar-refractivity contribution in [1.29, 1.82) is 0 Å². The summed E-state index contributed by atoms with van der Waals surface area (Å²) in [6, 6.07) is 7.26. The maximum atomic E-state index is 13.4. The fraction of sp³-hybridized carbons (Fsp3) is 0.533. The Bertz CT molecular complexity index is 1020. The monoisotopic (exact) mass is 601 g/mol. The van der Waals surface area contributed by atoms with Crippen molar-refractivity contribution in [2.75, 3.05) is 33.7 Å². The van der Waals surface area contributed by atoms with E-state index in [0.29, 0.717) is 37.9 Å². The van der Waals surface area contributed by atoms with Crippen molar-refractivity contribution in [2.24, 2.45) is 11.6 Å². The number of hydrogen-bond donors (Lipinski definition) is 8. The maximum absolute atomic E-state index is 13.4. The molecule has 1 aromatic rings. The smallest absolute Gasteiger partial charge is 0.243 e. The van der Waals surface area contributed by atoms with Crippen LogP contribution in [0.4, 0.5) is 0 Å².